The zero-order valence-corrected chi connectivity index (χ0v) is 9.04. The van der Waals surface area contributed by atoms with Gasteiger partial charge in [0.25, 0.3) is 0 Å². The second kappa shape index (κ2) is 8.11. The Hall–Kier alpha value is -1.23. The number of ether oxygens (including phenoxy) is 1. The van der Waals surface area contributed by atoms with Gasteiger partial charge in [0.05, 0.1) is 6.61 Å². The largest absolute Gasteiger partial charge is 0.460 e. The third kappa shape index (κ3) is 7.81. The molecule has 0 atom stereocenters. The summed E-state index contributed by atoms with van der Waals surface area (Å²) in [6.07, 6.45) is 2.68. The van der Waals surface area contributed by atoms with Crippen molar-refractivity contribution in [3.05, 3.63) is 0 Å². The first-order valence-electron chi connectivity index (χ1n) is 5.02. The third-order valence-electron chi connectivity index (χ3n) is 1.83. The van der Waals surface area contributed by atoms with Gasteiger partial charge in [0, 0.05) is 12.6 Å². The summed E-state index contributed by atoms with van der Waals surface area (Å²) in [6.45, 7) is 1.96. The second-order valence-electron chi connectivity index (χ2n) is 3.29. The Morgan fingerprint density at radius 1 is 1.27 bits per heavy atom. The first kappa shape index (κ1) is 13.8. The van der Waals surface area contributed by atoms with Gasteiger partial charge in [-0.05, 0) is 32.2 Å². The van der Waals surface area contributed by atoms with Crippen LogP contribution in [0.4, 0.5) is 0 Å². The van der Waals surface area contributed by atoms with Crippen molar-refractivity contribution < 1.29 is 14.3 Å². The second-order valence-corrected chi connectivity index (χ2v) is 3.29. The number of carbonyl (C=O) groups is 2. The maximum absolute atomic E-state index is 10.7. The van der Waals surface area contributed by atoms with Crippen LogP contribution >= 0.6 is 0 Å². The Bertz CT molecular complexity index is 239. The Balaban J connectivity index is 3.42. The molecule has 0 aliphatic rings. The molecule has 0 radical (unpaired) electrons. The molecule has 15 heavy (non-hydrogen) atoms. The van der Waals surface area contributed by atoms with E-state index in [1.807, 2.05) is 0 Å². The third-order valence-corrected chi connectivity index (χ3v) is 1.83. The molecule has 0 heterocycles. The molecule has 5 heteroatoms. The first-order chi connectivity index (χ1) is 7.07. The highest BCUT2D eigenvalue weighted by atomic mass is 16.5. The van der Waals surface area contributed by atoms with Crippen molar-refractivity contribution in [3.63, 3.8) is 0 Å². The molecular weight excluding hydrogens is 196 g/mol. The van der Waals surface area contributed by atoms with Crippen molar-refractivity contribution in [2.75, 3.05) is 13.2 Å². The van der Waals surface area contributed by atoms with Crippen molar-refractivity contribution in [2.45, 2.75) is 32.6 Å². The van der Waals surface area contributed by atoms with Crippen molar-refractivity contribution >= 4 is 17.5 Å². The standard InChI is InChI=1S/C10H18N2O3/c1-8(13)10(14)15-7-3-5-9(12)4-2-6-11/h12H,2-7,11H2,1H3. The van der Waals surface area contributed by atoms with Crippen LogP contribution in [-0.4, -0.2) is 30.6 Å². The van der Waals surface area contributed by atoms with E-state index in [2.05, 4.69) is 4.74 Å². The fourth-order valence-corrected chi connectivity index (χ4v) is 0.993. The topological polar surface area (TPSA) is 93.2 Å². The van der Waals surface area contributed by atoms with Crippen LogP contribution < -0.4 is 5.73 Å². The maximum Gasteiger partial charge on any atom is 0.374 e. The normalized spacial score (nSPS) is 9.73. The lowest BCUT2D eigenvalue weighted by Gasteiger charge is -2.03. The van der Waals surface area contributed by atoms with E-state index in [0.29, 0.717) is 31.5 Å². The minimum Gasteiger partial charge on any atom is -0.460 e. The summed E-state index contributed by atoms with van der Waals surface area (Å²) in [5.41, 5.74) is 5.91. The Morgan fingerprint density at radius 3 is 2.40 bits per heavy atom. The van der Waals surface area contributed by atoms with Gasteiger partial charge in [0.1, 0.15) is 0 Å². The average molecular weight is 214 g/mol. The lowest BCUT2D eigenvalue weighted by molar-refractivity contribution is -0.152. The van der Waals surface area contributed by atoms with Gasteiger partial charge in [-0.1, -0.05) is 0 Å². The van der Waals surface area contributed by atoms with Crippen molar-refractivity contribution in [1.29, 1.82) is 5.41 Å². The van der Waals surface area contributed by atoms with Crippen LogP contribution in [0.2, 0.25) is 0 Å². The maximum atomic E-state index is 10.7. The lowest BCUT2D eigenvalue weighted by atomic mass is 10.1. The lowest BCUT2D eigenvalue weighted by Crippen LogP contribution is -2.15. The fraction of sp³-hybridized carbons (Fsp3) is 0.700. The Labute approximate surface area is 89.5 Å². The number of esters is 1. The zero-order valence-electron chi connectivity index (χ0n) is 9.04. The molecule has 0 saturated carbocycles. The molecule has 0 fully saturated rings. The van der Waals surface area contributed by atoms with Crippen molar-refractivity contribution in [3.8, 4) is 0 Å². The monoisotopic (exact) mass is 214 g/mol. The number of nitrogens with one attached hydrogen (secondary N) is 1. The molecule has 86 valence electrons. The zero-order chi connectivity index (χ0) is 11.7. The van der Waals surface area contributed by atoms with Crippen LogP contribution in [0.5, 0.6) is 0 Å². The van der Waals surface area contributed by atoms with Gasteiger partial charge in [-0.3, -0.25) is 4.79 Å². The van der Waals surface area contributed by atoms with E-state index in [-0.39, 0.29) is 6.61 Å². The fourth-order valence-electron chi connectivity index (χ4n) is 0.993. The van der Waals surface area contributed by atoms with Crippen LogP contribution in [0.1, 0.15) is 32.6 Å². The van der Waals surface area contributed by atoms with E-state index in [1.165, 1.54) is 6.92 Å². The van der Waals surface area contributed by atoms with Gasteiger partial charge in [0.2, 0.25) is 5.78 Å². The molecular formula is C10H18N2O3. The summed E-state index contributed by atoms with van der Waals surface area (Å²) in [6, 6.07) is 0. The van der Waals surface area contributed by atoms with Crippen molar-refractivity contribution in [1.82, 2.24) is 0 Å². The Morgan fingerprint density at radius 2 is 1.87 bits per heavy atom. The molecule has 0 bridgehead atoms. The summed E-state index contributed by atoms with van der Waals surface area (Å²) in [5, 5.41) is 7.50. The summed E-state index contributed by atoms with van der Waals surface area (Å²) in [5.74, 6) is -1.39. The highest BCUT2D eigenvalue weighted by Gasteiger charge is 2.07. The van der Waals surface area contributed by atoms with Gasteiger partial charge in [0.15, 0.2) is 0 Å². The minimum absolute atomic E-state index is 0.198. The van der Waals surface area contributed by atoms with Crippen molar-refractivity contribution in [2.24, 2.45) is 5.73 Å². The van der Waals surface area contributed by atoms with E-state index >= 15 is 0 Å². The first-order valence-corrected chi connectivity index (χ1v) is 5.02. The molecule has 0 spiro atoms. The average Bonchev–Trinajstić information content (AvgIpc) is 2.20. The van der Waals surface area contributed by atoms with Crippen LogP contribution in [0.3, 0.4) is 0 Å². The number of rotatable bonds is 8. The predicted octanol–water partition coefficient (Wildman–Crippen LogP) is 0.657. The number of ketones is 1. The number of Topliss-reactive ketones (excluding diaryl/α,β-unsaturated/α-hetero) is 1. The molecule has 3 N–H and O–H groups in total. The van der Waals surface area contributed by atoms with E-state index in [1.54, 1.807) is 0 Å². The van der Waals surface area contributed by atoms with E-state index in [0.717, 1.165) is 6.42 Å². The number of carbonyl (C=O) groups excluding carboxylic acids is 2. The quantitative estimate of drug-likeness (QED) is 0.268. The van der Waals surface area contributed by atoms with Gasteiger partial charge in [-0.25, -0.2) is 4.79 Å². The van der Waals surface area contributed by atoms with Gasteiger partial charge >= 0.3 is 5.97 Å². The molecule has 0 amide bonds. The molecule has 0 aromatic carbocycles. The molecule has 5 nitrogen and oxygen atoms in total. The molecule has 0 aliphatic carbocycles. The smallest absolute Gasteiger partial charge is 0.374 e. The van der Waals surface area contributed by atoms with Crippen LogP contribution in [0.15, 0.2) is 0 Å². The summed E-state index contributed by atoms with van der Waals surface area (Å²) >= 11 is 0. The summed E-state index contributed by atoms with van der Waals surface area (Å²) < 4.78 is 4.65. The molecule has 0 unspecified atom stereocenters. The van der Waals surface area contributed by atoms with Crippen LogP contribution in [0, 0.1) is 5.41 Å². The SMILES string of the molecule is CC(=O)C(=O)OCCCC(=N)CCCN. The van der Waals surface area contributed by atoms with Crippen LogP contribution in [0.25, 0.3) is 0 Å². The number of hydrogen-bond acceptors (Lipinski definition) is 5. The summed E-state index contributed by atoms with van der Waals surface area (Å²) in [7, 11) is 0. The highest BCUT2D eigenvalue weighted by molar-refractivity contribution is 6.32. The number of nitrogens with two attached hydrogens (primary N) is 1. The van der Waals surface area contributed by atoms with E-state index in [9.17, 15) is 9.59 Å². The van der Waals surface area contributed by atoms with Gasteiger partial charge in [-0.15, -0.1) is 0 Å². The minimum atomic E-state index is -0.802. The molecule has 0 aromatic rings. The van der Waals surface area contributed by atoms with Gasteiger partial charge in [-0.2, -0.15) is 0 Å². The number of hydrogen-bond donors (Lipinski definition) is 2. The van der Waals surface area contributed by atoms with Gasteiger partial charge < -0.3 is 15.9 Å². The molecule has 0 rings (SSSR count). The summed E-state index contributed by atoms with van der Waals surface area (Å²) in [4.78, 5) is 21.2. The van der Waals surface area contributed by atoms with E-state index < -0.39 is 11.8 Å². The van der Waals surface area contributed by atoms with E-state index in [4.69, 9.17) is 11.1 Å². The highest BCUT2D eigenvalue weighted by Crippen LogP contribution is 1.99. The predicted molar refractivity (Wildman–Crippen MR) is 56.9 cm³/mol. The molecule has 0 saturated heterocycles. The Kier molecular flexibility index (Phi) is 7.44. The molecule has 0 aromatic heterocycles. The molecule has 0 aliphatic heterocycles. The van der Waals surface area contributed by atoms with Crippen LogP contribution in [-0.2, 0) is 14.3 Å².